The Hall–Kier alpha value is -2.89. The number of hydrogen-bond acceptors (Lipinski definition) is 6. The summed E-state index contributed by atoms with van der Waals surface area (Å²) in [7, 11) is 1.74. The molecule has 0 unspecified atom stereocenters. The lowest BCUT2D eigenvalue weighted by atomic mass is 9.81. The molecule has 4 rings (SSSR count). The van der Waals surface area contributed by atoms with E-state index in [1.165, 1.54) is 11.8 Å². The molecule has 0 radical (unpaired) electrons. The lowest BCUT2D eigenvalue weighted by Crippen LogP contribution is -2.50. The largest absolute Gasteiger partial charge is 0.326 e. The molecule has 0 bridgehead atoms. The molecule has 9 heteroatoms. The van der Waals surface area contributed by atoms with Crippen molar-refractivity contribution in [3.05, 3.63) is 53.8 Å². The molecular formula is C23H23ClN6OS. The average molecular weight is 467 g/mol. The number of rotatable bonds is 6. The minimum atomic E-state index is -0.706. The van der Waals surface area contributed by atoms with E-state index in [0.29, 0.717) is 16.0 Å². The molecule has 1 aromatic carbocycles. The van der Waals surface area contributed by atoms with E-state index in [1.54, 1.807) is 36.5 Å². The molecule has 1 aliphatic carbocycles. The molecule has 32 heavy (non-hydrogen) atoms. The monoisotopic (exact) mass is 466 g/mol. The summed E-state index contributed by atoms with van der Waals surface area (Å²) >= 11 is 7.39. The number of thioether (sulfide) groups is 1. The van der Waals surface area contributed by atoms with Gasteiger partial charge in [0.1, 0.15) is 5.54 Å². The van der Waals surface area contributed by atoms with Gasteiger partial charge in [-0.05, 0) is 49.2 Å². The zero-order valence-corrected chi connectivity index (χ0v) is 19.3. The lowest BCUT2D eigenvalue weighted by Gasteiger charge is -2.39. The second kappa shape index (κ2) is 9.72. The van der Waals surface area contributed by atoms with Crippen LogP contribution in [0.4, 0.5) is 0 Å². The second-order valence-corrected chi connectivity index (χ2v) is 9.18. The van der Waals surface area contributed by atoms with Gasteiger partial charge < -0.3 is 4.90 Å². The molecule has 7 nitrogen and oxygen atoms in total. The highest BCUT2D eigenvalue weighted by Crippen LogP contribution is 2.34. The van der Waals surface area contributed by atoms with E-state index >= 15 is 0 Å². The predicted molar refractivity (Wildman–Crippen MR) is 125 cm³/mol. The molecule has 2 aromatic heterocycles. The third kappa shape index (κ3) is 4.50. The maximum atomic E-state index is 13.0. The number of carbonyl (C=O) groups is 1. The number of carbonyl (C=O) groups excluding carboxylic acids is 1. The summed E-state index contributed by atoms with van der Waals surface area (Å²) in [5.74, 6) is 0.732. The van der Waals surface area contributed by atoms with Crippen LogP contribution in [0.5, 0.6) is 0 Å². The molecule has 0 saturated heterocycles. The number of hydrogen-bond donors (Lipinski definition) is 0. The molecule has 1 amide bonds. The number of amides is 1. The van der Waals surface area contributed by atoms with Crippen LogP contribution in [0, 0.1) is 11.3 Å². The Labute approximate surface area is 196 Å². The van der Waals surface area contributed by atoms with Crippen molar-refractivity contribution < 1.29 is 4.79 Å². The summed E-state index contributed by atoms with van der Waals surface area (Å²) in [6.45, 7) is 0. The minimum Gasteiger partial charge on any atom is -0.326 e. The highest BCUT2D eigenvalue weighted by molar-refractivity contribution is 7.99. The maximum absolute atomic E-state index is 13.0. The van der Waals surface area contributed by atoms with Gasteiger partial charge in [-0.15, -0.1) is 10.2 Å². The summed E-state index contributed by atoms with van der Waals surface area (Å²) in [5, 5.41) is 19.8. The summed E-state index contributed by atoms with van der Waals surface area (Å²) in [4.78, 5) is 18.7. The van der Waals surface area contributed by atoms with E-state index in [2.05, 4.69) is 21.3 Å². The fourth-order valence-corrected chi connectivity index (χ4v) is 4.99. The molecule has 3 aromatic rings. The van der Waals surface area contributed by atoms with Gasteiger partial charge in [-0.25, -0.2) is 0 Å². The second-order valence-electron chi connectivity index (χ2n) is 7.80. The van der Waals surface area contributed by atoms with Crippen LogP contribution in [0.3, 0.4) is 0 Å². The third-order valence-corrected chi connectivity index (χ3v) is 7.05. The van der Waals surface area contributed by atoms with Crippen molar-refractivity contribution in [2.24, 2.45) is 0 Å². The fraction of sp³-hybridized carbons (Fsp3) is 0.348. The van der Waals surface area contributed by atoms with Crippen molar-refractivity contribution in [3.8, 4) is 23.1 Å². The van der Waals surface area contributed by atoms with Crippen molar-refractivity contribution >= 4 is 29.3 Å². The van der Waals surface area contributed by atoms with E-state index in [1.807, 2.05) is 28.8 Å². The number of benzene rings is 1. The normalized spacial score (nSPS) is 15.2. The Bertz CT molecular complexity index is 1120. The van der Waals surface area contributed by atoms with Crippen molar-refractivity contribution in [2.45, 2.75) is 42.8 Å². The van der Waals surface area contributed by atoms with Gasteiger partial charge in [0.15, 0.2) is 11.0 Å². The van der Waals surface area contributed by atoms with Crippen LogP contribution >= 0.6 is 23.4 Å². The van der Waals surface area contributed by atoms with E-state index in [-0.39, 0.29) is 11.7 Å². The van der Waals surface area contributed by atoms with Crippen molar-refractivity contribution in [3.63, 3.8) is 0 Å². The topological polar surface area (TPSA) is 87.7 Å². The molecule has 2 heterocycles. The summed E-state index contributed by atoms with van der Waals surface area (Å²) in [6, 6.07) is 13.5. The van der Waals surface area contributed by atoms with E-state index in [4.69, 9.17) is 11.6 Å². The summed E-state index contributed by atoms with van der Waals surface area (Å²) < 4.78 is 1.91. The molecule has 0 N–H and O–H groups in total. The first kappa shape index (κ1) is 22.3. The predicted octanol–water partition coefficient (Wildman–Crippen LogP) is 4.76. The van der Waals surface area contributed by atoms with Crippen LogP contribution in [0.15, 0.2) is 53.9 Å². The Morgan fingerprint density at radius 3 is 2.50 bits per heavy atom. The highest BCUT2D eigenvalue weighted by atomic mass is 35.5. The maximum Gasteiger partial charge on any atom is 0.234 e. The van der Waals surface area contributed by atoms with Crippen LogP contribution < -0.4 is 0 Å². The molecule has 0 atom stereocenters. The number of nitrogens with zero attached hydrogens (tertiary/aromatic N) is 6. The minimum absolute atomic E-state index is 0.0884. The molecule has 1 fully saturated rings. The van der Waals surface area contributed by atoms with Crippen molar-refractivity contribution in [2.75, 3.05) is 12.8 Å². The van der Waals surface area contributed by atoms with Gasteiger partial charge in [0.25, 0.3) is 0 Å². The Morgan fingerprint density at radius 2 is 1.84 bits per heavy atom. The fourth-order valence-electron chi connectivity index (χ4n) is 3.99. The van der Waals surface area contributed by atoms with Crippen molar-refractivity contribution in [1.29, 1.82) is 5.26 Å². The first-order chi connectivity index (χ1) is 15.5. The van der Waals surface area contributed by atoms with Gasteiger partial charge in [0.2, 0.25) is 5.91 Å². The quantitative estimate of drug-likeness (QED) is 0.486. The third-order valence-electron chi connectivity index (χ3n) is 5.89. The number of halogens is 1. The van der Waals surface area contributed by atoms with Crippen LogP contribution in [0.2, 0.25) is 5.02 Å². The van der Waals surface area contributed by atoms with Crippen LogP contribution in [-0.2, 0) is 4.79 Å². The molecule has 0 spiro atoms. The van der Waals surface area contributed by atoms with Crippen LogP contribution in [0.1, 0.15) is 32.1 Å². The van der Waals surface area contributed by atoms with E-state index in [0.717, 1.165) is 43.4 Å². The standard InChI is InChI=1S/C23H23ClN6OS/c1-29(23(16-25)11-3-2-4-12-23)20(31)15-32-22-28-27-21(17-9-13-26-14-10-17)30(22)19-7-5-18(24)6-8-19/h5-10,13-14H,2-4,11-12,15H2,1H3. The number of pyridine rings is 1. The summed E-state index contributed by atoms with van der Waals surface area (Å²) in [6.07, 6.45) is 7.91. The lowest BCUT2D eigenvalue weighted by molar-refractivity contribution is -0.131. The van der Waals surface area contributed by atoms with Crippen LogP contribution in [0.25, 0.3) is 17.1 Å². The van der Waals surface area contributed by atoms with E-state index in [9.17, 15) is 10.1 Å². The van der Waals surface area contributed by atoms with E-state index < -0.39 is 5.54 Å². The number of aromatic nitrogens is 4. The highest BCUT2D eigenvalue weighted by Gasteiger charge is 2.38. The Morgan fingerprint density at radius 1 is 1.16 bits per heavy atom. The van der Waals surface area contributed by atoms with Gasteiger partial charge >= 0.3 is 0 Å². The Balaban J connectivity index is 1.60. The Kier molecular flexibility index (Phi) is 6.77. The van der Waals surface area contributed by atoms with Gasteiger partial charge in [0.05, 0.1) is 11.8 Å². The molecule has 1 saturated carbocycles. The molecule has 0 aliphatic heterocycles. The average Bonchev–Trinajstić information content (AvgIpc) is 3.27. The first-order valence-corrected chi connectivity index (χ1v) is 11.8. The first-order valence-electron chi connectivity index (χ1n) is 10.5. The van der Waals surface area contributed by atoms with Gasteiger partial charge in [-0.3, -0.25) is 14.3 Å². The molecular weight excluding hydrogens is 444 g/mol. The smallest absolute Gasteiger partial charge is 0.234 e. The zero-order valence-electron chi connectivity index (χ0n) is 17.7. The van der Waals surface area contributed by atoms with Gasteiger partial charge in [-0.1, -0.05) is 42.6 Å². The van der Waals surface area contributed by atoms with Crippen molar-refractivity contribution in [1.82, 2.24) is 24.6 Å². The van der Waals surface area contributed by atoms with Gasteiger partial charge in [-0.2, -0.15) is 5.26 Å². The molecule has 164 valence electrons. The molecule has 1 aliphatic rings. The van der Waals surface area contributed by atoms with Gasteiger partial charge in [0, 0.05) is 35.7 Å². The SMILES string of the molecule is CN(C(=O)CSc1nnc(-c2ccncc2)n1-c1ccc(Cl)cc1)C1(C#N)CCCCC1. The zero-order chi connectivity index (χ0) is 22.6. The number of nitriles is 1. The summed E-state index contributed by atoms with van der Waals surface area (Å²) in [5.41, 5.74) is 1.00. The van der Waals surface area contributed by atoms with Crippen LogP contribution in [-0.4, -0.2) is 48.9 Å².